The van der Waals surface area contributed by atoms with E-state index in [2.05, 4.69) is 56.6 Å². The minimum Gasteiger partial charge on any atom is -0.308 e. The van der Waals surface area contributed by atoms with E-state index in [1.807, 2.05) is 6.20 Å². The van der Waals surface area contributed by atoms with Crippen LogP contribution in [-0.2, 0) is 13.1 Å². The van der Waals surface area contributed by atoms with E-state index in [0.29, 0.717) is 5.92 Å². The van der Waals surface area contributed by atoms with Gasteiger partial charge in [0.05, 0.1) is 6.20 Å². The zero-order valence-corrected chi connectivity index (χ0v) is 11.5. The topological polar surface area (TPSA) is 29.9 Å². The molecule has 0 fully saturated rings. The number of rotatable bonds is 4. The van der Waals surface area contributed by atoms with Gasteiger partial charge in [-0.05, 0) is 33.6 Å². The van der Waals surface area contributed by atoms with Crippen LogP contribution in [-0.4, -0.2) is 15.3 Å². The Morgan fingerprint density at radius 1 is 1.38 bits per heavy atom. The first-order valence-corrected chi connectivity index (χ1v) is 6.06. The van der Waals surface area contributed by atoms with E-state index in [0.717, 1.165) is 13.1 Å². The largest absolute Gasteiger partial charge is 0.308 e. The van der Waals surface area contributed by atoms with Gasteiger partial charge >= 0.3 is 0 Å². The highest BCUT2D eigenvalue weighted by atomic mass is 15.3. The first kappa shape index (κ1) is 13.2. The highest BCUT2D eigenvalue weighted by Crippen LogP contribution is 2.11. The molecule has 0 saturated carbocycles. The van der Waals surface area contributed by atoms with Gasteiger partial charge in [0.2, 0.25) is 0 Å². The molecule has 0 spiro atoms. The summed E-state index contributed by atoms with van der Waals surface area (Å²) >= 11 is 0. The van der Waals surface area contributed by atoms with Crippen LogP contribution in [0.3, 0.4) is 0 Å². The molecule has 0 unspecified atom stereocenters. The molecule has 1 aromatic rings. The van der Waals surface area contributed by atoms with Gasteiger partial charge in [-0.1, -0.05) is 13.8 Å². The van der Waals surface area contributed by atoms with Gasteiger partial charge in [-0.2, -0.15) is 5.10 Å². The molecule has 16 heavy (non-hydrogen) atoms. The van der Waals surface area contributed by atoms with Gasteiger partial charge in [0.1, 0.15) is 0 Å². The molecule has 0 aliphatic rings. The van der Waals surface area contributed by atoms with Gasteiger partial charge in [0.25, 0.3) is 0 Å². The van der Waals surface area contributed by atoms with Gasteiger partial charge in [-0.3, -0.25) is 4.68 Å². The van der Waals surface area contributed by atoms with Crippen LogP contribution in [0.2, 0.25) is 0 Å². The van der Waals surface area contributed by atoms with Gasteiger partial charge in [-0.25, -0.2) is 0 Å². The van der Waals surface area contributed by atoms with Crippen molar-refractivity contribution >= 4 is 0 Å². The molecular weight excluding hydrogens is 198 g/mol. The lowest BCUT2D eigenvalue weighted by molar-refractivity contribution is 0.422. The van der Waals surface area contributed by atoms with Crippen molar-refractivity contribution < 1.29 is 0 Å². The third-order valence-corrected chi connectivity index (χ3v) is 2.55. The van der Waals surface area contributed by atoms with Crippen molar-refractivity contribution in [3.05, 3.63) is 17.5 Å². The maximum absolute atomic E-state index is 4.43. The van der Waals surface area contributed by atoms with E-state index >= 15 is 0 Å². The molecule has 1 heterocycles. The molecule has 0 atom stereocenters. The highest BCUT2D eigenvalue weighted by molar-refractivity contribution is 5.16. The predicted octanol–water partition coefficient (Wildman–Crippen LogP) is 2.74. The molecule has 0 amide bonds. The molecule has 0 aromatic carbocycles. The Bertz CT molecular complexity index is 331. The second kappa shape index (κ2) is 5.00. The Hall–Kier alpha value is -0.830. The Labute approximate surface area is 99.2 Å². The van der Waals surface area contributed by atoms with Crippen molar-refractivity contribution in [2.45, 2.75) is 60.2 Å². The fraction of sp³-hybridized carbons (Fsp3) is 0.769. The third kappa shape index (κ3) is 3.97. The fourth-order valence-electron chi connectivity index (χ4n) is 1.55. The summed E-state index contributed by atoms with van der Waals surface area (Å²) in [6.07, 6.45) is 1.98. The summed E-state index contributed by atoms with van der Waals surface area (Å²) in [5, 5.41) is 7.93. The van der Waals surface area contributed by atoms with E-state index in [1.54, 1.807) is 0 Å². The standard InChI is InChI=1S/C13H25N3/c1-10(2)9-16-11(3)12(8-15-16)7-14-13(4,5)6/h8,10,14H,7,9H2,1-6H3. The molecule has 1 N–H and O–H groups in total. The van der Waals surface area contributed by atoms with Crippen LogP contribution >= 0.6 is 0 Å². The third-order valence-electron chi connectivity index (χ3n) is 2.55. The number of aromatic nitrogens is 2. The number of nitrogens with one attached hydrogen (secondary N) is 1. The number of nitrogens with zero attached hydrogens (tertiary/aromatic N) is 2. The predicted molar refractivity (Wildman–Crippen MR) is 68.4 cm³/mol. The van der Waals surface area contributed by atoms with Crippen molar-refractivity contribution in [2.75, 3.05) is 0 Å². The van der Waals surface area contributed by atoms with Crippen LogP contribution < -0.4 is 5.32 Å². The summed E-state index contributed by atoms with van der Waals surface area (Å²) in [7, 11) is 0. The summed E-state index contributed by atoms with van der Waals surface area (Å²) in [6.45, 7) is 15.0. The van der Waals surface area contributed by atoms with E-state index in [1.165, 1.54) is 11.3 Å². The Morgan fingerprint density at radius 2 is 2.00 bits per heavy atom. The van der Waals surface area contributed by atoms with Crippen LogP contribution in [0.5, 0.6) is 0 Å². The molecule has 0 radical (unpaired) electrons. The molecule has 3 heteroatoms. The number of hydrogen-bond acceptors (Lipinski definition) is 2. The first-order valence-electron chi connectivity index (χ1n) is 6.06. The number of hydrogen-bond donors (Lipinski definition) is 1. The summed E-state index contributed by atoms with van der Waals surface area (Å²) in [4.78, 5) is 0. The Balaban J connectivity index is 2.65. The second-order valence-corrected chi connectivity index (χ2v) is 5.93. The van der Waals surface area contributed by atoms with Crippen LogP contribution in [0.15, 0.2) is 6.20 Å². The molecule has 1 aromatic heterocycles. The summed E-state index contributed by atoms with van der Waals surface area (Å²) < 4.78 is 2.10. The van der Waals surface area contributed by atoms with Crippen LogP contribution in [0, 0.1) is 12.8 Å². The Kier molecular flexibility index (Phi) is 4.14. The van der Waals surface area contributed by atoms with Gasteiger partial charge in [-0.15, -0.1) is 0 Å². The van der Waals surface area contributed by atoms with Gasteiger partial charge < -0.3 is 5.32 Å². The van der Waals surface area contributed by atoms with Crippen molar-refractivity contribution in [3.63, 3.8) is 0 Å². The van der Waals surface area contributed by atoms with E-state index in [9.17, 15) is 0 Å². The molecule has 0 saturated heterocycles. The fourth-order valence-corrected chi connectivity index (χ4v) is 1.55. The quantitative estimate of drug-likeness (QED) is 0.850. The smallest absolute Gasteiger partial charge is 0.0537 e. The Morgan fingerprint density at radius 3 is 2.50 bits per heavy atom. The highest BCUT2D eigenvalue weighted by Gasteiger charge is 2.12. The first-order chi connectivity index (χ1) is 7.29. The second-order valence-electron chi connectivity index (χ2n) is 5.93. The van der Waals surface area contributed by atoms with Crippen molar-refractivity contribution in [2.24, 2.45) is 5.92 Å². The summed E-state index contributed by atoms with van der Waals surface area (Å²) in [5.74, 6) is 0.641. The molecule has 0 aliphatic heterocycles. The zero-order chi connectivity index (χ0) is 12.3. The lowest BCUT2D eigenvalue weighted by Gasteiger charge is -2.20. The monoisotopic (exact) mass is 223 g/mol. The SMILES string of the molecule is Cc1c(CNC(C)(C)C)cnn1CC(C)C. The molecule has 0 bridgehead atoms. The van der Waals surface area contributed by atoms with Crippen LogP contribution in [0.1, 0.15) is 45.9 Å². The lowest BCUT2D eigenvalue weighted by Crippen LogP contribution is -2.35. The molecular formula is C13H25N3. The van der Waals surface area contributed by atoms with E-state index < -0.39 is 0 Å². The normalized spacial score (nSPS) is 12.4. The van der Waals surface area contributed by atoms with Gasteiger partial charge in [0, 0.05) is 29.9 Å². The average Bonchev–Trinajstić information content (AvgIpc) is 2.43. The molecule has 92 valence electrons. The van der Waals surface area contributed by atoms with Crippen molar-refractivity contribution in [1.82, 2.24) is 15.1 Å². The molecule has 0 aliphatic carbocycles. The molecule has 3 nitrogen and oxygen atoms in total. The van der Waals surface area contributed by atoms with Gasteiger partial charge in [0.15, 0.2) is 0 Å². The van der Waals surface area contributed by atoms with Crippen molar-refractivity contribution in [3.8, 4) is 0 Å². The van der Waals surface area contributed by atoms with E-state index in [-0.39, 0.29) is 5.54 Å². The van der Waals surface area contributed by atoms with Crippen LogP contribution in [0.4, 0.5) is 0 Å². The van der Waals surface area contributed by atoms with Crippen LogP contribution in [0.25, 0.3) is 0 Å². The zero-order valence-electron chi connectivity index (χ0n) is 11.5. The molecule has 1 rings (SSSR count). The maximum atomic E-state index is 4.43. The minimum absolute atomic E-state index is 0.159. The maximum Gasteiger partial charge on any atom is 0.0537 e. The van der Waals surface area contributed by atoms with E-state index in [4.69, 9.17) is 0 Å². The lowest BCUT2D eigenvalue weighted by atomic mass is 10.1. The average molecular weight is 223 g/mol. The minimum atomic E-state index is 0.159. The summed E-state index contributed by atoms with van der Waals surface area (Å²) in [6, 6.07) is 0. The van der Waals surface area contributed by atoms with Crippen molar-refractivity contribution in [1.29, 1.82) is 0 Å². The summed E-state index contributed by atoms with van der Waals surface area (Å²) in [5.41, 5.74) is 2.74.